The molecule has 3 heteroatoms. The van der Waals surface area contributed by atoms with Crippen molar-refractivity contribution in [2.45, 2.75) is 46.6 Å². The van der Waals surface area contributed by atoms with E-state index in [4.69, 9.17) is 4.84 Å². The molecule has 0 saturated carbocycles. The molecule has 0 saturated heterocycles. The van der Waals surface area contributed by atoms with Crippen molar-refractivity contribution in [1.82, 2.24) is 5.48 Å². The molecule has 0 bridgehead atoms. The summed E-state index contributed by atoms with van der Waals surface area (Å²) in [6.45, 7) is 9.52. The minimum Gasteiger partial charge on any atom is -0.366 e. The highest BCUT2D eigenvalue weighted by Crippen LogP contribution is 2.01. The molecule has 0 aromatic rings. The predicted molar refractivity (Wildman–Crippen MR) is 53.0 cm³/mol. The van der Waals surface area contributed by atoms with Crippen molar-refractivity contribution in [1.29, 1.82) is 0 Å². The van der Waals surface area contributed by atoms with Gasteiger partial charge in [0.25, 0.3) is 0 Å². The van der Waals surface area contributed by atoms with Gasteiger partial charge in [0.1, 0.15) is 0 Å². The molecule has 3 nitrogen and oxygen atoms in total. The quantitative estimate of drug-likeness (QED) is 0.541. The number of rotatable bonds is 3. The number of nitrogens with one attached hydrogen (secondary N) is 1. The summed E-state index contributed by atoms with van der Waals surface area (Å²) in [5, 5.41) is 0. The van der Waals surface area contributed by atoms with E-state index < -0.39 is 0 Å². The number of hydrogen-bond acceptors (Lipinski definition) is 3. The average Bonchev–Trinajstić information content (AvgIpc) is 1.99. The molecule has 0 spiro atoms. The summed E-state index contributed by atoms with van der Waals surface area (Å²) in [7, 11) is 0. The van der Waals surface area contributed by atoms with Gasteiger partial charge in [0, 0.05) is 11.1 Å². The number of carbonyl (C=O) groups is 1. The first kappa shape index (κ1) is 12.2. The van der Waals surface area contributed by atoms with Crippen LogP contribution in [0.2, 0.25) is 0 Å². The summed E-state index contributed by atoms with van der Waals surface area (Å²) in [5.41, 5.74) is 3.10. The Morgan fingerprint density at radius 1 is 1.46 bits per heavy atom. The van der Waals surface area contributed by atoms with Crippen molar-refractivity contribution >= 4 is 5.97 Å². The molecule has 0 atom stereocenters. The highest BCUT2D eigenvalue weighted by molar-refractivity contribution is 5.87. The summed E-state index contributed by atoms with van der Waals surface area (Å²) in [4.78, 5) is 16.1. The first-order chi connectivity index (χ1) is 5.87. The lowest BCUT2D eigenvalue weighted by molar-refractivity contribution is -0.150. The summed E-state index contributed by atoms with van der Waals surface area (Å²) in [6.07, 6.45) is 2.68. The van der Waals surface area contributed by atoms with E-state index in [1.807, 2.05) is 33.8 Å². The van der Waals surface area contributed by atoms with E-state index in [9.17, 15) is 4.79 Å². The van der Waals surface area contributed by atoms with E-state index in [0.29, 0.717) is 5.57 Å². The predicted octanol–water partition coefficient (Wildman–Crippen LogP) is 2.19. The summed E-state index contributed by atoms with van der Waals surface area (Å²) in [5.74, 6) is -0.309. The summed E-state index contributed by atoms with van der Waals surface area (Å²) < 4.78 is 0. The maximum absolute atomic E-state index is 11.2. The molecular weight excluding hydrogens is 166 g/mol. The lowest BCUT2D eigenvalue weighted by Gasteiger charge is -2.19. The first-order valence-corrected chi connectivity index (χ1v) is 4.52. The van der Waals surface area contributed by atoms with Crippen LogP contribution >= 0.6 is 0 Å². The molecule has 0 aromatic heterocycles. The van der Waals surface area contributed by atoms with E-state index in [1.165, 1.54) is 0 Å². The lowest BCUT2D eigenvalue weighted by Crippen LogP contribution is -2.37. The van der Waals surface area contributed by atoms with Gasteiger partial charge in [-0.05, 0) is 34.1 Å². The van der Waals surface area contributed by atoms with Crippen molar-refractivity contribution in [2.75, 3.05) is 0 Å². The largest absolute Gasteiger partial charge is 0.366 e. The third-order valence-corrected chi connectivity index (χ3v) is 1.28. The van der Waals surface area contributed by atoms with Crippen LogP contribution in [0.5, 0.6) is 0 Å². The fraction of sp³-hybridized carbons (Fsp3) is 0.700. The smallest absolute Gasteiger partial charge is 0.352 e. The van der Waals surface area contributed by atoms with Crippen LogP contribution in [0.15, 0.2) is 11.6 Å². The van der Waals surface area contributed by atoms with Crippen LogP contribution in [-0.4, -0.2) is 11.5 Å². The Bertz CT molecular complexity index is 201. The van der Waals surface area contributed by atoms with Gasteiger partial charge >= 0.3 is 5.97 Å². The molecule has 0 heterocycles. The van der Waals surface area contributed by atoms with E-state index in [1.54, 1.807) is 6.92 Å². The molecule has 0 unspecified atom stereocenters. The standard InChI is InChI=1S/C10H19NO2/c1-6-7-8(2)9(12)13-11-10(3,4)5/h7,11H,6H2,1-5H3/b8-7+. The maximum Gasteiger partial charge on any atom is 0.352 e. The van der Waals surface area contributed by atoms with Crippen LogP contribution in [0, 0.1) is 0 Å². The van der Waals surface area contributed by atoms with E-state index in [2.05, 4.69) is 5.48 Å². The fourth-order valence-electron chi connectivity index (χ4n) is 0.669. The zero-order valence-corrected chi connectivity index (χ0v) is 9.10. The minimum absolute atomic E-state index is 0.206. The summed E-state index contributed by atoms with van der Waals surface area (Å²) in [6, 6.07) is 0. The van der Waals surface area contributed by atoms with Crippen LogP contribution in [0.25, 0.3) is 0 Å². The summed E-state index contributed by atoms with van der Waals surface area (Å²) >= 11 is 0. The van der Waals surface area contributed by atoms with Gasteiger partial charge in [-0.2, -0.15) is 0 Å². The second-order valence-corrected chi connectivity index (χ2v) is 4.04. The molecule has 0 aromatic carbocycles. The molecule has 1 N–H and O–H groups in total. The van der Waals surface area contributed by atoms with Crippen molar-refractivity contribution in [3.05, 3.63) is 11.6 Å². The molecule has 76 valence electrons. The van der Waals surface area contributed by atoms with Crippen LogP contribution in [0.4, 0.5) is 0 Å². The molecule has 0 aliphatic heterocycles. The second kappa shape index (κ2) is 5.02. The number of allylic oxidation sites excluding steroid dienone is 1. The zero-order chi connectivity index (χ0) is 10.5. The topological polar surface area (TPSA) is 38.3 Å². The highest BCUT2D eigenvalue weighted by Gasteiger charge is 2.13. The molecular formula is C10H19NO2. The molecule has 0 aliphatic carbocycles. The van der Waals surface area contributed by atoms with Gasteiger partial charge in [-0.1, -0.05) is 13.0 Å². The third-order valence-electron chi connectivity index (χ3n) is 1.28. The minimum atomic E-state index is -0.309. The Labute approximate surface area is 80.1 Å². The van der Waals surface area contributed by atoms with Crippen LogP contribution < -0.4 is 5.48 Å². The first-order valence-electron chi connectivity index (χ1n) is 4.52. The average molecular weight is 185 g/mol. The van der Waals surface area contributed by atoms with E-state index in [-0.39, 0.29) is 11.5 Å². The third kappa shape index (κ3) is 6.34. The van der Waals surface area contributed by atoms with Gasteiger partial charge in [0.15, 0.2) is 0 Å². The highest BCUT2D eigenvalue weighted by atomic mass is 16.7. The Kier molecular flexibility index (Phi) is 4.70. The van der Waals surface area contributed by atoms with Gasteiger partial charge in [0.05, 0.1) is 0 Å². The van der Waals surface area contributed by atoms with E-state index in [0.717, 1.165) is 6.42 Å². The Hall–Kier alpha value is -0.830. The Balaban J connectivity index is 3.96. The molecule has 0 rings (SSSR count). The molecule has 0 aliphatic rings. The SMILES string of the molecule is CC/C=C(\C)C(=O)ONC(C)(C)C. The van der Waals surface area contributed by atoms with Crippen molar-refractivity contribution in [2.24, 2.45) is 0 Å². The molecule has 13 heavy (non-hydrogen) atoms. The van der Waals surface area contributed by atoms with Gasteiger partial charge < -0.3 is 4.84 Å². The maximum atomic E-state index is 11.2. The fourth-order valence-corrected chi connectivity index (χ4v) is 0.669. The van der Waals surface area contributed by atoms with Crippen LogP contribution in [-0.2, 0) is 9.63 Å². The monoisotopic (exact) mass is 185 g/mol. The molecule has 0 radical (unpaired) electrons. The zero-order valence-electron chi connectivity index (χ0n) is 9.10. The van der Waals surface area contributed by atoms with Crippen LogP contribution in [0.3, 0.4) is 0 Å². The van der Waals surface area contributed by atoms with Crippen molar-refractivity contribution in [3.8, 4) is 0 Å². The molecule has 0 amide bonds. The number of hydroxylamine groups is 1. The number of carbonyl (C=O) groups excluding carboxylic acids is 1. The van der Waals surface area contributed by atoms with Gasteiger partial charge in [-0.25, -0.2) is 4.79 Å². The van der Waals surface area contributed by atoms with Gasteiger partial charge in [0.2, 0.25) is 0 Å². The van der Waals surface area contributed by atoms with Crippen molar-refractivity contribution < 1.29 is 9.63 Å². The molecule has 0 fully saturated rings. The number of hydrogen-bond donors (Lipinski definition) is 1. The van der Waals surface area contributed by atoms with Crippen LogP contribution in [0.1, 0.15) is 41.0 Å². The Morgan fingerprint density at radius 2 is 2.00 bits per heavy atom. The van der Waals surface area contributed by atoms with E-state index >= 15 is 0 Å². The van der Waals surface area contributed by atoms with Gasteiger partial charge in [-0.3, -0.25) is 0 Å². The Morgan fingerprint density at radius 3 is 2.38 bits per heavy atom. The van der Waals surface area contributed by atoms with Crippen molar-refractivity contribution in [3.63, 3.8) is 0 Å². The normalized spacial score (nSPS) is 12.8. The van der Waals surface area contributed by atoms with Gasteiger partial charge in [-0.15, -0.1) is 5.48 Å². The lowest BCUT2D eigenvalue weighted by atomic mass is 10.1. The second-order valence-electron chi connectivity index (χ2n) is 4.04.